The lowest BCUT2D eigenvalue weighted by atomic mass is 9.94. The van der Waals surface area contributed by atoms with E-state index >= 15 is 0 Å². The first kappa shape index (κ1) is 120. The van der Waals surface area contributed by atoms with Crippen molar-refractivity contribution in [2.75, 3.05) is 92.1 Å². The minimum absolute atomic E-state index is 0.00173. The van der Waals surface area contributed by atoms with Gasteiger partial charge in [0, 0.05) is 117 Å². The van der Waals surface area contributed by atoms with Gasteiger partial charge in [0.05, 0.1) is 42.3 Å². The molecule has 4 atom stereocenters. The molecule has 0 spiro atoms. The van der Waals surface area contributed by atoms with E-state index in [0.717, 1.165) is 229 Å². The van der Waals surface area contributed by atoms with Crippen molar-refractivity contribution in [1.29, 1.82) is 21.0 Å². The molecule has 0 bridgehead atoms. The molecule has 8 heterocycles. The molecular formula is C121H154N16O8S4. The molecule has 4 aliphatic heterocycles. The number of benzene rings is 4. The molecule has 0 radical (unpaired) electrons. The number of hydrogen-bond donors (Lipinski definition) is 1. The van der Waals surface area contributed by atoms with Gasteiger partial charge in [0.1, 0.15) is 46.6 Å². The third kappa shape index (κ3) is 31.6. The van der Waals surface area contributed by atoms with Gasteiger partial charge in [0.2, 0.25) is 0 Å². The summed E-state index contributed by atoms with van der Waals surface area (Å²) in [5, 5.41) is 44.5. The number of unbranched alkanes of at least 4 members (excludes halogenated alkanes) is 8. The van der Waals surface area contributed by atoms with Gasteiger partial charge in [-0.05, 0) is 163 Å². The molecule has 0 saturated heterocycles. The van der Waals surface area contributed by atoms with Gasteiger partial charge in [-0.15, -0.1) is 0 Å². The first-order valence-corrected chi connectivity index (χ1v) is 57.3. The third-order valence-corrected chi connectivity index (χ3v) is 32.2. The smallest absolute Gasteiger partial charge is 0.271 e. The topological polar surface area (TPSA) is 318 Å². The Morgan fingerprint density at radius 3 is 0.799 bits per heavy atom. The van der Waals surface area contributed by atoms with Crippen molar-refractivity contribution in [3.63, 3.8) is 0 Å². The molecule has 0 saturated carbocycles. The monoisotopic (exact) mass is 2090 g/mol. The molecule has 8 amide bonds. The SMILES string of the molecule is CCCCC(CC)CN(CC(CC)CCCC)c1nc(-c2ccccc2)c(/C=C2\C(=O)N(CC)C(=O)C(C#N)=C2C)s1.CCCCC(CC)CN(CC(CC)CCCC)c1nc(-c2ccccc2)c(/C=C2\C(=O)NC(=O)C(C#N)=C2C)s1.CCCCN(CCCC)c1nc(-c2ccccc2)c(/C=C2\C(=O)N(C)C(=O)C(C#N)=C2C)s1.CCCCN(CCCC)c1nc(-c2ccccc2)c(/C=C2\C(=O)N(CC)C(=O)C(C#N)=C2C)s1. The van der Waals surface area contributed by atoms with E-state index in [0.29, 0.717) is 68.3 Å². The number of carbonyl (C=O) groups is 8. The Morgan fingerprint density at radius 2 is 0.550 bits per heavy atom. The van der Waals surface area contributed by atoms with E-state index in [1.165, 1.54) is 84.1 Å². The van der Waals surface area contributed by atoms with E-state index in [-0.39, 0.29) is 47.2 Å². The van der Waals surface area contributed by atoms with Crippen molar-refractivity contribution >= 4 is 137 Å². The largest absolute Gasteiger partial charge is 0.348 e. The Balaban J connectivity index is 0.000000222. The van der Waals surface area contributed by atoms with Gasteiger partial charge in [-0.25, -0.2) is 19.9 Å². The molecule has 4 unspecified atom stereocenters. The van der Waals surface area contributed by atoms with Crippen LogP contribution in [0.2, 0.25) is 0 Å². The Kier molecular flexibility index (Phi) is 49.1. The Labute approximate surface area is 901 Å². The van der Waals surface area contributed by atoms with E-state index in [1.807, 2.05) is 158 Å². The average Bonchev–Trinajstić information content (AvgIpc) is 1.47. The summed E-state index contributed by atoms with van der Waals surface area (Å²) >= 11 is 6.30. The minimum Gasteiger partial charge on any atom is -0.348 e. The number of likely N-dealkylation sites (N-methyl/N-ethyl adjacent to an activating group) is 3. The molecular weight excluding hydrogens is 1930 g/mol. The fraction of sp³-hybridized carbons (Fsp3) is 0.471. The number of nitrogens with one attached hydrogen (secondary N) is 1. The maximum absolute atomic E-state index is 13.5. The lowest BCUT2D eigenvalue weighted by Gasteiger charge is -2.30. The van der Waals surface area contributed by atoms with Crippen molar-refractivity contribution in [2.45, 2.75) is 279 Å². The lowest BCUT2D eigenvalue weighted by molar-refractivity contribution is -0.141. The van der Waals surface area contributed by atoms with Crippen molar-refractivity contribution in [2.24, 2.45) is 23.7 Å². The predicted molar refractivity (Wildman–Crippen MR) is 613 cm³/mol. The van der Waals surface area contributed by atoms with Crippen LogP contribution in [0.25, 0.3) is 69.3 Å². The summed E-state index contributed by atoms with van der Waals surface area (Å²) in [7, 11) is 1.41. The van der Waals surface area contributed by atoms with Crippen molar-refractivity contribution in [3.05, 3.63) is 208 Å². The zero-order valence-corrected chi connectivity index (χ0v) is 94.6. The van der Waals surface area contributed by atoms with Crippen LogP contribution in [0.4, 0.5) is 20.5 Å². The number of nitrogens with zero attached hydrogens (tertiary/aromatic N) is 15. The molecule has 4 aromatic carbocycles. The second-order valence-corrected chi connectivity index (χ2v) is 42.5. The molecule has 0 aliphatic carbocycles. The highest BCUT2D eigenvalue weighted by Gasteiger charge is 2.40. The van der Waals surface area contributed by atoms with Crippen molar-refractivity contribution in [1.82, 2.24) is 40.0 Å². The van der Waals surface area contributed by atoms with Crippen LogP contribution in [0, 0.1) is 69.0 Å². The minimum atomic E-state index is -0.642. The van der Waals surface area contributed by atoms with Crippen LogP contribution >= 0.6 is 45.3 Å². The number of imide groups is 4. The normalized spacial score (nSPS) is 15.8. The van der Waals surface area contributed by atoms with Gasteiger partial charge in [0.15, 0.2) is 20.5 Å². The predicted octanol–water partition coefficient (Wildman–Crippen LogP) is 27.9. The molecule has 4 aliphatic rings. The standard InChI is InChI=1S/C35H48N4O2S.C33H44N4O2S.C27H32N4O2S.C26H30N4O2S/c1-7-12-17-26(9-3)23-38(24-27(10-4)18-13-8-2)35-37-32(28-19-15-14-16-20-28)31(42-35)21-29-25(6)30(22-36)34(41)39(11-5)33(29)40;1-6-10-15-24(8-3)21-37(22-25(9-4)16-11-7-2)33-35-30(26-17-13-12-14-18-26)29(40-33)19-27-23(5)28(20-34)32(39)36-31(27)38;1-5-8-15-30(16-9-6-2)27-29-24(20-13-11-10-12-14-20)23(34-27)17-21-19(4)22(18-28)26(33)31(7-3)25(21)32;1-5-7-14-30(15-8-6-2)26-28-23(19-12-10-9-11-13-19)22(33-26)16-20-18(3)21(17-27)25(32)29(4)24(20)31/h14-16,19-21,26-27H,7-13,17-18,23-24H2,1-6H3;12-14,17-19,24-25H,6-11,15-16,21-22H2,1-5H3,(H,36,38,39);10-14,17H,5-9,15-16H2,1-4H3;9-13,16H,5-8,14-15H2,1-4H3/b29-21-;27-19-;21-17-;20-16-. The van der Waals surface area contributed by atoms with Crippen molar-refractivity contribution in [3.8, 4) is 69.3 Å². The summed E-state index contributed by atoms with van der Waals surface area (Å²) in [5.74, 6) is -1.50. The molecule has 12 rings (SSSR count). The average molecular weight is 2090 g/mol. The van der Waals surface area contributed by atoms with E-state index in [1.54, 1.807) is 99.0 Å². The molecule has 24 nitrogen and oxygen atoms in total. The highest BCUT2D eigenvalue weighted by Crippen LogP contribution is 2.45. The van der Waals surface area contributed by atoms with Crippen molar-refractivity contribution < 1.29 is 38.4 Å². The number of rotatable bonds is 50. The molecule has 1 N–H and O–H groups in total. The summed E-state index contributed by atoms with van der Waals surface area (Å²) in [6, 6.07) is 47.9. The van der Waals surface area contributed by atoms with E-state index in [9.17, 15) is 59.4 Å². The number of aromatic nitrogens is 4. The van der Waals surface area contributed by atoms with Gasteiger partial charge in [-0.2, -0.15) is 21.0 Å². The number of hydrogen-bond acceptors (Lipinski definition) is 24. The molecule has 8 aromatic rings. The van der Waals surface area contributed by atoms with Gasteiger partial charge in [0.25, 0.3) is 47.3 Å². The van der Waals surface area contributed by atoms with E-state index in [2.05, 4.69) is 108 Å². The highest BCUT2D eigenvalue weighted by molar-refractivity contribution is 7.18. The highest BCUT2D eigenvalue weighted by atomic mass is 32.1. The number of nitriles is 4. The summed E-state index contributed by atoms with van der Waals surface area (Å²) in [5.41, 5.74) is 10.3. The van der Waals surface area contributed by atoms with Crippen LogP contribution in [0.15, 0.2) is 188 Å². The second kappa shape index (κ2) is 61.2. The van der Waals surface area contributed by atoms with Crippen LogP contribution < -0.4 is 24.9 Å². The van der Waals surface area contributed by atoms with Gasteiger partial charge < -0.3 is 19.6 Å². The van der Waals surface area contributed by atoms with Gasteiger partial charge in [-0.3, -0.25) is 58.4 Å². The summed E-state index contributed by atoms with van der Waals surface area (Å²) in [4.78, 5) is 139. The molecule has 149 heavy (non-hydrogen) atoms. The number of amides is 8. The fourth-order valence-corrected chi connectivity index (χ4v) is 22.6. The lowest BCUT2D eigenvalue weighted by Crippen LogP contribution is -2.42. The summed E-state index contributed by atoms with van der Waals surface area (Å²) < 4.78 is 0. The number of carbonyl (C=O) groups excluding carboxylic acids is 8. The van der Waals surface area contributed by atoms with Crippen LogP contribution in [0.1, 0.15) is 298 Å². The molecule has 4 aromatic heterocycles. The van der Waals surface area contributed by atoms with E-state index in [4.69, 9.17) is 19.9 Å². The maximum atomic E-state index is 13.5. The third-order valence-electron chi connectivity index (χ3n) is 28.0. The van der Waals surface area contributed by atoms with Crippen LogP contribution in [-0.2, 0) is 38.4 Å². The zero-order valence-electron chi connectivity index (χ0n) is 91.3. The zero-order chi connectivity index (χ0) is 108. The molecule has 0 fully saturated rings. The number of thiazole rings is 4. The summed E-state index contributed by atoms with van der Waals surface area (Å²) in [6.45, 7) is 45.1. The fourth-order valence-electron chi connectivity index (χ4n) is 18.4. The maximum Gasteiger partial charge on any atom is 0.271 e. The second-order valence-electron chi connectivity index (χ2n) is 38.5. The Hall–Kier alpha value is -13.0. The van der Waals surface area contributed by atoms with Crippen LogP contribution in [0.3, 0.4) is 0 Å². The van der Waals surface area contributed by atoms with Gasteiger partial charge >= 0.3 is 0 Å². The Morgan fingerprint density at radius 1 is 0.309 bits per heavy atom. The van der Waals surface area contributed by atoms with Crippen LogP contribution in [-0.4, -0.2) is 154 Å². The first-order chi connectivity index (χ1) is 72.1. The molecule has 28 heteroatoms. The first-order valence-electron chi connectivity index (χ1n) is 54.0. The van der Waals surface area contributed by atoms with Crippen LogP contribution in [0.5, 0.6) is 0 Å². The molecule has 790 valence electrons. The van der Waals surface area contributed by atoms with Gasteiger partial charge in [-0.1, -0.05) is 352 Å². The summed E-state index contributed by atoms with van der Waals surface area (Å²) in [6.07, 6.45) is 35.0. The van der Waals surface area contributed by atoms with E-state index < -0.39 is 35.4 Å². The number of anilines is 4. The quantitative estimate of drug-likeness (QED) is 0.0273. The Bertz CT molecular complexity index is 6290.